The van der Waals surface area contributed by atoms with Crippen LogP contribution in [0.5, 0.6) is 23.0 Å². The van der Waals surface area contributed by atoms with Gasteiger partial charge in [0.2, 0.25) is 5.91 Å². The molecule has 5 fully saturated rings. The van der Waals surface area contributed by atoms with Gasteiger partial charge >= 0.3 is 5.97 Å². The number of anilines is 1. The summed E-state index contributed by atoms with van der Waals surface area (Å²) in [6.45, 7) is 0.436. The molecule has 10 nitrogen and oxygen atoms in total. The Morgan fingerprint density at radius 1 is 0.977 bits per heavy atom. The Balaban J connectivity index is 1.01. The maximum Gasteiger partial charge on any atom is 0.317 e. The van der Waals surface area contributed by atoms with E-state index in [1.807, 2.05) is 0 Å². The number of carbonyl (C=O) groups excluding carboxylic acids is 4. The monoisotopic (exact) mass is 604 g/mol. The standard InChI is InChI=1S/C32H32N2O8S/c1-39-25-11-18(2-4-24(25)42-30(37)32-14-19-8-20(15-32)10-21(9-19)16-32)12-27-29(36)34(31(38)43-27)17-28(35)33-22-3-5-23-26(13-22)41-7-6-40-23/h2-5,11-13,19-21H,6-10,14-17H2,1H3,(H,33,35)/b27-12-. The number of fused-ring (bicyclic) bond motifs is 1. The molecule has 2 aromatic carbocycles. The van der Waals surface area contributed by atoms with E-state index in [-0.39, 0.29) is 10.9 Å². The van der Waals surface area contributed by atoms with Crippen molar-refractivity contribution in [2.24, 2.45) is 23.2 Å². The second-order valence-corrected chi connectivity index (χ2v) is 13.2. The summed E-state index contributed by atoms with van der Waals surface area (Å²) < 4.78 is 22.5. The van der Waals surface area contributed by atoms with Crippen molar-refractivity contribution in [1.29, 1.82) is 0 Å². The van der Waals surface area contributed by atoms with Crippen LogP contribution in [0.1, 0.15) is 44.1 Å². The Kier molecular flexibility index (Phi) is 7.07. The molecule has 3 amide bonds. The van der Waals surface area contributed by atoms with Crippen molar-refractivity contribution in [3.05, 3.63) is 46.9 Å². The van der Waals surface area contributed by atoms with E-state index < -0.39 is 29.0 Å². The second-order valence-electron chi connectivity index (χ2n) is 12.2. The summed E-state index contributed by atoms with van der Waals surface area (Å²) in [4.78, 5) is 53.0. The molecule has 6 aliphatic rings. The molecular weight excluding hydrogens is 572 g/mol. The number of methoxy groups -OCH3 is 1. The van der Waals surface area contributed by atoms with E-state index in [0.717, 1.165) is 35.9 Å². The van der Waals surface area contributed by atoms with Gasteiger partial charge in [-0.1, -0.05) is 6.07 Å². The molecule has 4 bridgehead atoms. The molecule has 2 heterocycles. The SMILES string of the molecule is COc1cc(/C=C2\SC(=O)N(CC(=O)Nc3ccc4c(c3)OCCO4)C2=O)ccc1OC(=O)C12CC3CC(CC(C3)C1)C2. The van der Waals surface area contributed by atoms with E-state index in [0.29, 0.717) is 65.2 Å². The van der Waals surface area contributed by atoms with Gasteiger partial charge in [0.25, 0.3) is 11.1 Å². The Labute approximate surface area is 253 Å². The van der Waals surface area contributed by atoms with Crippen LogP contribution >= 0.6 is 11.8 Å². The molecule has 8 rings (SSSR count). The molecular formula is C32H32N2O8S. The first-order chi connectivity index (χ1) is 20.8. The maximum atomic E-state index is 13.5. The summed E-state index contributed by atoms with van der Waals surface area (Å²) in [6.07, 6.45) is 7.99. The van der Waals surface area contributed by atoms with Gasteiger partial charge < -0.3 is 24.3 Å². The van der Waals surface area contributed by atoms with E-state index >= 15 is 0 Å². The minimum absolute atomic E-state index is 0.173. The van der Waals surface area contributed by atoms with Crippen molar-refractivity contribution in [3.63, 3.8) is 0 Å². The van der Waals surface area contributed by atoms with Gasteiger partial charge in [-0.15, -0.1) is 0 Å². The number of benzene rings is 2. The molecule has 0 atom stereocenters. The number of carbonyl (C=O) groups is 4. The first-order valence-corrected chi connectivity index (χ1v) is 15.5. The van der Waals surface area contributed by atoms with Crippen LogP contribution in [-0.2, 0) is 14.4 Å². The minimum atomic E-state index is -0.566. The first kappa shape index (κ1) is 27.8. The van der Waals surface area contributed by atoms with E-state index in [1.165, 1.54) is 26.4 Å². The van der Waals surface area contributed by atoms with Crippen molar-refractivity contribution in [2.75, 3.05) is 32.2 Å². The highest BCUT2D eigenvalue weighted by Gasteiger charge is 2.55. The zero-order chi connectivity index (χ0) is 29.7. The third kappa shape index (κ3) is 5.35. The van der Waals surface area contributed by atoms with Crippen LogP contribution in [0.25, 0.3) is 6.08 Å². The number of amides is 3. The summed E-state index contributed by atoms with van der Waals surface area (Å²) in [5, 5.41) is 2.16. The molecule has 0 spiro atoms. The molecule has 4 aliphatic carbocycles. The fourth-order valence-corrected chi connectivity index (χ4v) is 8.52. The highest BCUT2D eigenvalue weighted by Crippen LogP contribution is 2.60. The molecule has 224 valence electrons. The average molecular weight is 605 g/mol. The normalized spacial score (nSPS) is 27.9. The zero-order valence-corrected chi connectivity index (χ0v) is 24.6. The van der Waals surface area contributed by atoms with Crippen molar-refractivity contribution in [2.45, 2.75) is 38.5 Å². The molecule has 11 heteroatoms. The van der Waals surface area contributed by atoms with Crippen LogP contribution in [0.2, 0.25) is 0 Å². The molecule has 43 heavy (non-hydrogen) atoms. The van der Waals surface area contributed by atoms with Gasteiger partial charge in [0.15, 0.2) is 23.0 Å². The number of nitrogens with zero attached hydrogens (tertiary/aromatic N) is 1. The van der Waals surface area contributed by atoms with Gasteiger partial charge in [0.1, 0.15) is 19.8 Å². The first-order valence-electron chi connectivity index (χ1n) is 14.6. The lowest BCUT2D eigenvalue weighted by molar-refractivity contribution is -0.161. The van der Waals surface area contributed by atoms with Crippen LogP contribution in [0.4, 0.5) is 10.5 Å². The van der Waals surface area contributed by atoms with E-state index in [9.17, 15) is 19.2 Å². The van der Waals surface area contributed by atoms with Gasteiger partial charge in [-0.05, 0) is 104 Å². The van der Waals surface area contributed by atoms with Crippen molar-refractivity contribution in [1.82, 2.24) is 4.90 Å². The maximum absolute atomic E-state index is 13.5. The molecule has 2 aromatic rings. The number of thioether (sulfide) groups is 1. The second kappa shape index (κ2) is 10.9. The summed E-state index contributed by atoms with van der Waals surface area (Å²) in [5.74, 6) is 2.42. The Hall–Kier alpha value is -3.99. The molecule has 0 aromatic heterocycles. The smallest absolute Gasteiger partial charge is 0.317 e. The highest BCUT2D eigenvalue weighted by molar-refractivity contribution is 8.18. The lowest BCUT2D eigenvalue weighted by Crippen LogP contribution is -2.51. The van der Waals surface area contributed by atoms with Crippen LogP contribution in [0, 0.1) is 23.2 Å². The summed E-state index contributed by atoms with van der Waals surface area (Å²) in [7, 11) is 1.50. The van der Waals surface area contributed by atoms with Crippen molar-refractivity contribution < 1.29 is 38.1 Å². The number of imide groups is 1. The van der Waals surface area contributed by atoms with Crippen LogP contribution < -0.4 is 24.3 Å². The topological polar surface area (TPSA) is 120 Å². The van der Waals surface area contributed by atoms with Crippen molar-refractivity contribution >= 4 is 46.5 Å². The van der Waals surface area contributed by atoms with E-state index in [4.69, 9.17) is 18.9 Å². The Bertz CT molecular complexity index is 1520. The minimum Gasteiger partial charge on any atom is -0.493 e. The fourth-order valence-electron chi connectivity index (χ4n) is 7.68. The molecule has 4 saturated carbocycles. The van der Waals surface area contributed by atoms with Crippen LogP contribution in [-0.4, -0.2) is 54.8 Å². The fraction of sp³-hybridized carbons (Fsp3) is 0.438. The molecule has 1 N–H and O–H groups in total. The van der Waals surface area contributed by atoms with Crippen LogP contribution in [0.3, 0.4) is 0 Å². The number of hydrogen-bond acceptors (Lipinski definition) is 9. The van der Waals surface area contributed by atoms with Gasteiger partial charge in [-0.2, -0.15) is 0 Å². The lowest BCUT2D eigenvalue weighted by atomic mass is 9.49. The number of esters is 1. The molecule has 2 aliphatic heterocycles. The summed E-state index contributed by atoms with van der Waals surface area (Å²) in [6, 6.07) is 10.0. The van der Waals surface area contributed by atoms with Gasteiger partial charge in [0.05, 0.1) is 17.4 Å². The van der Waals surface area contributed by atoms with E-state index in [2.05, 4.69) is 5.32 Å². The average Bonchev–Trinajstić information content (AvgIpc) is 3.24. The highest BCUT2D eigenvalue weighted by atomic mass is 32.2. The van der Waals surface area contributed by atoms with Gasteiger partial charge in [-0.25, -0.2) is 0 Å². The Morgan fingerprint density at radius 2 is 1.67 bits per heavy atom. The van der Waals surface area contributed by atoms with E-state index in [1.54, 1.807) is 42.5 Å². The predicted octanol–water partition coefficient (Wildman–Crippen LogP) is 5.26. The number of ether oxygens (including phenoxy) is 4. The summed E-state index contributed by atoms with van der Waals surface area (Å²) in [5.41, 5.74) is 0.663. The van der Waals surface area contributed by atoms with Crippen molar-refractivity contribution in [3.8, 4) is 23.0 Å². The molecule has 1 saturated heterocycles. The predicted molar refractivity (Wildman–Crippen MR) is 158 cm³/mol. The quantitative estimate of drug-likeness (QED) is 0.256. The Morgan fingerprint density at radius 3 is 2.37 bits per heavy atom. The lowest BCUT2D eigenvalue weighted by Gasteiger charge is -2.55. The van der Waals surface area contributed by atoms with Gasteiger partial charge in [-0.3, -0.25) is 24.1 Å². The molecule has 0 radical (unpaired) electrons. The molecule has 0 unspecified atom stereocenters. The number of hydrogen-bond donors (Lipinski definition) is 1. The van der Waals surface area contributed by atoms with Crippen LogP contribution in [0.15, 0.2) is 41.3 Å². The van der Waals surface area contributed by atoms with Gasteiger partial charge in [0, 0.05) is 11.8 Å². The third-order valence-corrected chi connectivity index (χ3v) is 10.1. The number of nitrogens with one attached hydrogen (secondary N) is 1. The largest absolute Gasteiger partial charge is 0.493 e. The third-order valence-electron chi connectivity index (χ3n) is 9.16. The number of rotatable bonds is 7. The zero-order valence-electron chi connectivity index (χ0n) is 23.8. The summed E-state index contributed by atoms with van der Waals surface area (Å²) >= 11 is 0.760.